The van der Waals surface area contributed by atoms with Crippen molar-refractivity contribution in [1.29, 1.82) is 0 Å². The van der Waals surface area contributed by atoms with Gasteiger partial charge in [-0.1, -0.05) is 145 Å². The second-order valence-electron chi connectivity index (χ2n) is 14.7. The molecule has 0 spiro atoms. The maximum Gasteiger partial charge on any atom is 0 e. The smallest absolute Gasteiger partial charge is 0 e. The van der Waals surface area contributed by atoms with Gasteiger partial charge in [0.05, 0.1) is 0 Å². The number of allylic oxidation sites excluding steroid dienone is 1. The molecule has 1 aliphatic carbocycles. The molecule has 1 aliphatic rings. The third-order valence-electron chi connectivity index (χ3n) is 9.30. The fourth-order valence-corrected chi connectivity index (χ4v) is 6.90. The van der Waals surface area contributed by atoms with Crippen LogP contribution in [0, 0.1) is 0 Å². The molecule has 5 aromatic rings. The SMILES string of the molecule is CC1=Cc2c(-c3ccc(C(C)(C)C)cc3)cccc2C1c1c(C(C)C)[cH-]c2cccc(-c3ccc(C(C)(C)C)cc3)c12.[Zr]. The Bertz CT molecular complexity index is 1790. The minimum absolute atomic E-state index is 0. The van der Waals surface area contributed by atoms with Crippen LogP contribution in [0.5, 0.6) is 0 Å². The topological polar surface area (TPSA) is 0 Å². The van der Waals surface area contributed by atoms with Crippen molar-refractivity contribution in [3.63, 3.8) is 0 Å². The Morgan fingerprint density at radius 3 is 1.70 bits per heavy atom. The van der Waals surface area contributed by atoms with Crippen LogP contribution in [0.2, 0.25) is 0 Å². The molecule has 6 rings (SSSR count). The zero-order valence-corrected chi connectivity index (χ0v) is 29.9. The fraction of sp³-hybridized carbons (Fsp3) is 0.310. The van der Waals surface area contributed by atoms with Crippen molar-refractivity contribution in [1.82, 2.24) is 0 Å². The maximum atomic E-state index is 2.46. The normalized spacial score (nSPS) is 15.0. The largest absolute Gasteiger partial charge is 0.149 e. The van der Waals surface area contributed by atoms with Gasteiger partial charge in [-0.15, -0.1) is 40.1 Å². The van der Waals surface area contributed by atoms with Gasteiger partial charge >= 0.3 is 0 Å². The van der Waals surface area contributed by atoms with Gasteiger partial charge in [-0.2, -0.15) is 0 Å². The van der Waals surface area contributed by atoms with Crippen LogP contribution in [0.25, 0.3) is 39.1 Å². The minimum Gasteiger partial charge on any atom is -0.149 e. The quantitative estimate of drug-likeness (QED) is 0.171. The Balaban J connectivity index is 0.00000368. The van der Waals surface area contributed by atoms with E-state index in [9.17, 15) is 0 Å². The molecule has 0 aromatic heterocycles. The minimum atomic E-state index is 0. The Hall–Kier alpha value is -2.89. The first kappa shape index (κ1) is 31.5. The summed E-state index contributed by atoms with van der Waals surface area (Å²) in [6, 6.07) is 34.7. The van der Waals surface area contributed by atoms with Crippen LogP contribution in [0.4, 0.5) is 0 Å². The fourth-order valence-electron chi connectivity index (χ4n) is 6.90. The average Bonchev–Trinajstić information content (AvgIpc) is 3.49. The standard InChI is InChI=1S/C42H45.Zr/c1-26(2)36-25-30-12-10-14-34(29-18-22-32(23-19-29)42(7,8)9)39(30)40(36)38-27(3)24-37-33(13-11-15-35(37)38)28-16-20-31(21-17-28)41(4,5)6;/h10-26,38H,1-9H3;/q-1;. The first-order valence-electron chi connectivity index (χ1n) is 15.6. The molecule has 0 saturated carbocycles. The van der Waals surface area contributed by atoms with Crippen LogP contribution >= 0.6 is 0 Å². The first-order chi connectivity index (χ1) is 19.8. The monoisotopic (exact) mass is 639 g/mol. The molecule has 1 heteroatoms. The summed E-state index contributed by atoms with van der Waals surface area (Å²) in [6.45, 7) is 20.7. The Morgan fingerprint density at radius 2 is 1.16 bits per heavy atom. The molecular weight excluding hydrogens is 596 g/mol. The van der Waals surface area contributed by atoms with Crippen molar-refractivity contribution in [2.75, 3.05) is 0 Å². The van der Waals surface area contributed by atoms with Crippen molar-refractivity contribution < 1.29 is 26.2 Å². The van der Waals surface area contributed by atoms with Gasteiger partial charge in [0.2, 0.25) is 0 Å². The third-order valence-corrected chi connectivity index (χ3v) is 9.30. The third kappa shape index (κ3) is 5.71. The number of fused-ring (bicyclic) bond motifs is 2. The number of hydrogen-bond donors (Lipinski definition) is 0. The Kier molecular flexibility index (Phi) is 8.48. The van der Waals surface area contributed by atoms with E-state index in [2.05, 4.69) is 159 Å². The molecule has 0 aliphatic heterocycles. The van der Waals surface area contributed by atoms with Crippen molar-refractivity contribution >= 4 is 16.8 Å². The van der Waals surface area contributed by atoms with E-state index in [1.165, 1.54) is 72.0 Å². The molecule has 0 N–H and O–H groups in total. The second kappa shape index (κ2) is 11.6. The Labute approximate surface area is 278 Å². The maximum absolute atomic E-state index is 2.46. The summed E-state index contributed by atoms with van der Waals surface area (Å²) >= 11 is 0. The summed E-state index contributed by atoms with van der Waals surface area (Å²) < 4.78 is 0. The van der Waals surface area contributed by atoms with Crippen LogP contribution in [0.1, 0.15) is 108 Å². The van der Waals surface area contributed by atoms with Gasteiger partial charge in [0.25, 0.3) is 0 Å². The summed E-state index contributed by atoms with van der Waals surface area (Å²) in [7, 11) is 0. The van der Waals surface area contributed by atoms with E-state index in [1.807, 2.05) is 0 Å². The van der Waals surface area contributed by atoms with E-state index in [-0.39, 0.29) is 43.0 Å². The summed E-state index contributed by atoms with van der Waals surface area (Å²) in [6.07, 6.45) is 2.46. The molecule has 0 nitrogen and oxygen atoms in total. The van der Waals surface area contributed by atoms with Crippen molar-refractivity contribution in [2.24, 2.45) is 0 Å². The van der Waals surface area contributed by atoms with Gasteiger partial charge in [-0.05, 0) is 68.5 Å². The van der Waals surface area contributed by atoms with E-state index >= 15 is 0 Å². The van der Waals surface area contributed by atoms with Gasteiger partial charge in [0, 0.05) is 26.2 Å². The van der Waals surface area contributed by atoms with Crippen LogP contribution < -0.4 is 0 Å². The van der Waals surface area contributed by atoms with E-state index in [0.29, 0.717) is 5.92 Å². The van der Waals surface area contributed by atoms with Gasteiger partial charge in [0.15, 0.2) is 0 Å². The molecule has 5 aromatic carbocycles. The van der Waals surface area contributed by atoms with E-state index in [4.69, 9.17) is 0 Å². The van der Waals surface area contributed by atoms with Crippen LogP contribution in [0.15, 0.2) is 96.6 Å². The van der Waals surface area contributed by atoms with Crippen LogP contribution in [0.3, 0.4) is 0 Å². The molecule has 0 fully saturated rings. The van der Waals surface area contributed by atoms with E-state index in [0.717, 1.165) is 0 Å². The number of benzene rings is 4. The molecule has 1 unspecified atom stereocenters. The predicted molar refractivity (Wildman–Crippen MR) is 184 cm³/mol. The van der Waals surface area contributed by atoms with E-state index < -0.39 is 0 Å². The van der Waals surface area contributed by atoms with Gasteiger partial charge < -0.3 is 0 Å². The summed E-state index contributed by atoms with van der Waals surface area (Å²) in [5.74, 6) is 0.687. The first-order valence-corrected chi connectivity index (χ1v) is 15.6. The molecular formula is C42H45Zr-. The summed E-state index contributed by atoms with van der Waals surface area (Å²) in [5.41, 5.74) is 15.5. The number of hydrogen-bond acceptors (Lipinski definition) is 0. The summed E-state index contributed by atoms with van der Waals surface area (Å²) in [5, 5.41) is 2.76. The zero-order chi connectivity index (χ0) is 30.0. The second-order valence-corrected chi connectivity index (χ2v) is 14.7. The van der Waals surface area contributed by atoms with Crippen LogP contribution in [-0.2, 0) is 37.0 Å². The molecule has 0 saturated heterocycles. The molecule has 0 heterocycles. The number of rotatable bonds is 4. The zero-order valence-electron chi connectivity index (χ0n) is 27.4. The summed E-state index contributed by atoms with van der Waals surface area (Å²) in [4.78, 5) is 0. The average molecular weight is 641 g/mol. The van der Waals surface area contributed by atoms with Crippen molar-refractivity contribution in [3.05, 3.63) is 130 Å². The molecule has 0 amide bonds. The Morgan fingerprint density at radius 1 is 0.651 bits per heavy atom. The van der Waals surface area contributed by atoms with Gasteiger partial charge in [-0.25, -0.2) is 0 Å². The van der Waals surface area contributed by atoms with Crippen LogP contribution in [-0.4, -0.2) is 0 Å². The van der Waals surface area contributed by atoms with E-state index in [1.54, 1.807) is 0 Å². The molecule has 43 heavy (non-hydrogen) atoms. The predicted octanol–water partition coefficient (Wildman–Crippen LogP) is 12.2. The molecule has 1 atom stereocenters. The molecule has 218 valence electrons. The molecule has 0 radical (unpaired) electrons. The van der Waals surface area contributed by atoms with Gasteiger partial charge in [0.1, 0.15) is 0 Å². The molecule has 0 bridgehead atoms. The van der Waals surface area contributed by atoms with Crippen molar-refractivity contribution in [3.8, 4) is 22.3 Å². The van der Waals surface area contributed by atoms with Crippen molar-refractivity contribution in [2.45, 2.75) is 85.0 Å². The van der Waals surface area contributed by atoms with Gasteiger partial charge in [-0.3, -0.25) is 0 Å².